The van der Waals surface area contributed by atoms with Gasteiger partial charge in [-0.3, -0.25) is 4.79 Å². The van der Waals surface area contributed by atoms with Crippen molar-refractivity contribution < 1.29 is 26.4 Å². The lowest BCUT2D eigenvalue weighted by Crippen LogP contribution is -2.49. The van der Waals surface area contributed by atoms with Gasteiger partial charge < -0.3 is 9.80 Å². The Balaban J connectivity index is 1.53. The largest absolute Gasteiger partial charge is 0.418 e. The van der Waals surface area contributed by atoms with Crippen LogP contribution in [0.25, 0.3) is 5.69 Å². The lowest BCUT2D eigenvalue weighted by molar-refractivity contribution is -0.137. The summed E-state index contributed by atoms with van der Waals surface area (Å²) in [6.45, 7) is 2.76. The maximum Gasteiger partial charge on any atom is 0.418 e. The Morgan fingerprint density at radius 2 is 1.59 bits per heavy atom. The molecule has 0 saturated carbocycles. The molecule has 7 nitrogen and oxygen atoms in total. The summed E-state index contributed by atoms with van der Waals surface area (Å²) in [5, 5.41) is 4.37. The SMILES string of the molecule is Cc1cc(C(=O)N2CCN(c3ccccc3C(F)(F)F)CC2)n(-c2ccc(S(C)(=O)=O)cc2)n1. The third-order valence-electron chi connectivity index (χ3n) is 5.68. The zero-order chi connectivity index (χ0) is 24.7. The quantitative estimate of drug-likeness (QED) is 0.557. The molecule has 0 unspecified atom stereocenters. The molecule has 0 bridgehead atoms. The molecule has 2 heterocycles. The van der Waals surface area contributed by atoms with Gasteiger partial charge in [-0.15, -0.1) is 0 Å². The molecular formula is C23H23F3N4O3S. The predicted octanol–water partition coefficient (Wildman–Crippen LogP) is 3.57. The number of para-hydroxylation sites is 1. The molecule has 1 aliphatic heterocycles. The Morgan fingerprint density at radius 1 is 0.971 bits per heavy atom. The molecule has 1 aliphatic rings. The van der Waals surface area contributed by atoms with Crippen molar-refractivity contribution in [2.24, 2.45) is 0 Å². The number of carbonyl (C=O) groups is 1. The molecule has 3 aromatic rings. The topological polar surface area (TPSA) is 75.5 Å². The van der Waals surface area contributed by atoms with E-state index in [1.165, 1.54) is 28.9 Å². The van der Waals surface area contributed by atoms with E-state index < -0.39 is 21.6 Å². The van der Waals surface area contributed by atoms with E-state index in [0.717, 1.165) is 12.3 Å². The number of carbonyl (C=O) groups excluding carboxylic acids is 1. The normalized spacial score (nSPS) is 15.0. The van der Waals surface area contributed by atoms with E-state index in [2.05, 4.69) is 5.10 Å². The minimum absolute atomic E-state index is 0.106. The number of sulfone groups is 1. The first-order chi connectivity index (χ1) is 15.9. The number of aromatic nitrogens is 2. The molecule has 1 saturated heterocycles. The summed E-state index contributed by atoms with van der Waals surface area (Å²) < 4.78 is 65.1. The molecule has 180 valence electrons. The molecule has 2 aromatic carbocycles. The fraction of sp³-hybridized carbons (Fsp3) is 0.304. The number of benzene rings is 2. The lowest BCUT2D eigenvalue weighted by atomic mass is 10.1. The molecule has 0 radical (unpaired) electrons. The number of hydrogen-bond donors (Lipinski definition) is 0. The monoisotopic (exact) mass is 492 g/mol. The second-order valence-corrected chi connectivity index (χ2v) is 10.2. The number of halogens is 3. The summed E-state index contributed by atoms with van der Waals surface area (Å²) >= 11 is 0. The number of anilines is 1. The van der Waals surface area contributed by atoms with Crippen LogP contribution in [0, 0.1) is 6.92 Å². The molecule has 34 heavy (non-hydrogen) atoms. The average Bonchev–Trinajstić information content (AvgIpc) is 3.19. The highest BCUT2D eigenvalue weighted by Gasteiger charge is 2.35. The van der Waals surface area contributed by atoms with Crippen molar-refractivity contribution in [1.29, 1.82) is 0 Å². The lowest BCUT2D eigenvalue weighted by Gasteiger charge is -2.37. The second-order valence-electron chi connectivity index (χ2n) is 8.14. The maximum atomic E-state index is 13.4. The zero-order valence-electron chi connectivity index (χ0n) is 18.6. The molecule has 11 heteroatoms. The highest BCUT2D eigenvalue weighted by Crippen LogP contribution is 2.36. The number of rotatable bonds is 4. The van der Waals surface area contributed by atoms with E-state index in [0.29, 0.717) is 17.1 Å². The van der Waals surface area contributed by atoms with E-state index in [-0.39, 0.29) is 42.7 Å². The average molecular weight is 493 g/mol. The summed E-state index contributed by atoms with van der Waals surface area (Å²) in [4.78, 5) is 16.7. The Labute approximate surface area is 195 Å². The Kier molecular flexibility index (Phi) is 6.15. The third kappa shape index (κ3) is 4.79. The van der Waals surface area contributed by atoms with Gasteiger partial charge in [0.2, 0.25) is 0 Å². The number of aryl methyl sites for hydroxylation is 1. The van der Waals surface area contributed by atoms with Gasteiger partial charge in [-0.2, -0.15) is 18.3 Å². The Bertz CT molecular complexity index is 1310. The predicted molar refractivity (Wildman–Crippen MR) is 121 cm³/mol. The van der Waals surface area contributed by atoms with E-state index in [1.807, 2.05) is 0 Å². The van der Waals surface area contributed by atoms with Gasteiger partial charge in [0.15, 0.2) is 9.84 Å². The van der Waals surface area contributed by atoms with Crippen LogP contribution >= 0.6 is 0 Å². The minimum atomic E-state index is -4.46. The molecular weight excluding hydrogens is 469 g/mol. The van der Waals surface area contributed by atoms with Gasteiger partial charge in [0.25, 0.3) is 5.91 Å². The Morgan fingerprint density at radius 3 is 2.18 bits per heavy atom. The van der Waals surface area contributed by atoms with Gasteiger partial charge in [0.1, 0.15) is 5.69 Å². The van der Waals surface area contributed by atoms with Crippen molar-refractivity contribution in [2.75, 3.05) is 37.3 Å². The number of hydrogen-bond acceptors (Lipinski definition) is 5. The van der Waals surface area contributed by atoms with Crippen LogP contribution in [0.5, 0.6) is 0 Å². The van der Waals surface area contributed by atoms with Crippen LogP contribution in [0.4, 0.5) is 18.9 Å². The standard InChI is InChI=1S/C23H23F3N4O3S/c1-16-15-21(30(27-16)17-7-9-18(10-8-17)34(2,32)33)22(31)29-13-11-28(12-14-29)20-6-4-3-5-19(20)23(24,25)26/h3-10,15H,11-14H2,1-2H3. The number of alkyl halides is 3. The van der Waals surface area contributed by atoms with Gasteiger partial charge in [-0.25, -0.2) is 13.1 Å². The van der Waals surface area contributed by atoms with E-state index in [1.54, 1.807) is 41.0 Å². The van der Waals surface area contributed by atoms with Crippen LogP contribution in [0.15, 0.2) is 59.5 Å². The summed E-state index contributed by atoms with van der Waals surface area (Å²) in [6, 6.07) is 13.1. The van der Waals surface area contributed by atoms with Crippen molar-refractivity contribution in [1.82, 2.24) is 14.7 Å². The number of piperazine rings is 1. The van der Waals surface area contributed by atoms with Gasteiger partial charge in [0, 0.05) is 38.1 Å². The fourth-order valence-corrected chi connectivity index (χ4v) is 4.62. The molecule has 1 fully saturated rings. The molecule has 0 spiro atoms. The molecule has 0 atom stereocenters. The molecule has 4 rings (SSSR count). The zero-order valence-corrected chi connectivity index (χ0v) is 19.4. The second kappa shape index (κ2) is 8.79. The fourth-order valence-electron chi connectivity index (χ4n) is 3.98. The minimum Gasteiger partial charge on any atom is -0.367 e. The van der Waals surface area contributed by atoms with Crippen molar-refractivity contribution in [3.63, 3.8) is 0 Å². The highest BCUT2D eigenvalue weighted by molar-refractivity contribution is 7.90. The van der Waals surface area contributed by atoms with Crippen LogP contribution in [-0.4, -0.2) is 61.4 Å². The van der Waals surface area contributed by atoms with Crippen molar-refractivity contribution in [3.05, 3.63) is 71.5 Å². The van der Waals surface area contributed by atoms with Gasteiger partial charge >= 0.3 is 6.18 Å². The van der Waals surface area contributed by atoms with E-state index in [9.17, 15) is 26.4 Å². The van der Waals surface area contributed by atoms with Crippen molar-refractivity contribution in [2.45, 2.75) is 18.0 Å². The molecule has 1 aromatic heterocycles. The molecule has 1 amide bonds. The number of nitrogens with zero attached hydrogens (tertiary/aromatic N) is 4. The summed E-state index contributed by atoms with van der Waals surface area (Å²) in [5.41, 5.74) is 0.846. The summed E-state index contributed by atoms with van der Waals surface area (Å²) in [7, 11) is -3.36. The Hall–Kier alpha value is -3.34. The van der Waals surface area contributed by atoms with E-state index in [4.69, 9.17) is 0 Å². The molecule has 0 N–H and O–H groups in total. The van der Waals surface area contributed by atoms with Gasteiger partial charge in [-0.1, -0.05) is 12.1 Å². The highest BCUT2D eigenvalue weighted by atomic mass is 32.2. The van der Waals surface area contributed by atoms with Crippen LogP contribution < -0.4 is 4.90 Å². The third-order valence-corrected chi connectivity index (χ3v) is 6.81. The van der Waals surface area contributed by atoms with Crippen LogP contribution in [0.2, 0.25) is 0 Å². The van der Waals surface area contributed by atoms with E-state index >= 15 is 0 Å². The summed E-state index contributed by atoms with van der Waals surface area (Å²) in [6.07, 6.45) is -3.35. The summed E-state index contributed by atoms with van der Waals surface area (Å²) in [5.74, 6) is -0.295. The first-order valence-electron chi connectivity index (χ1n) is 10.5. The first-order valence-corrected chi connectivity index (χ1v) is 12.4. The van der Waals surface area contributed by atoms with Gasteiger partial charge in [0.05, 0.1) is 21.8 Å². The first kappa shape index (κ1) is 23.8. The molecule has 0 aliphatic carbocycles. The van der Waals surface area contributed by atoms with Gasteiger partial charge in [-0.05, 0) is 49.4 Å². The van der Waals surface area contributed by atoms with Crippen LogP contribution in [0.1, 0.15) is 21.7 Å². The van der Waals surface area contributed by atoms with Crippen molar-refractivity contribution >= 4 is 21.4 Å². The maximum absolute atomic E-state index is 13.4. The smallest absolute Gasteiger partial charge is 0.367 e. The van der Waals surface area contributed by atoms with Crippen LogP contribution in [-0.2, 0) is 16.0 Å². The van der Waals surface area contributed by atoms with Crippen molar-refractivity contribution in [3.8, 4) is 5.69 Å². The van der Waals surface area contributed by atoms with Crippen LogP contribution in [0.3, 0.4) is 0 Å². The number of amides is 1.